The van der Waals surface area contributed by atoms with Crippen molar-refractivity contribution in [2.45, 2.75) is 57.1 Å². The molecule has 0 aliphatic rings. The monoisotopic (exact) mass is 343 g/mol. The van der Waals surface area contributed by atoms with Gasteiger partial charge in [0, 0.05) is 15.2 Å². The van der Waals surface area contributed by atoms with Gasteiger partial charge < -0.3 is 10.5 Å². The molecule has 0 bridgehead atoms. The van der Waals surface area contributed by atoms with Crippen LogP contribution in [0.15, 0.2) is 0 Å². The standard InChI is InChI=1S/C12H25NO2S4/c1-11(2,3)18-16-7-9(13)10(14)15-8-17-19-12(4,5)6/h9H,7-8,13H2,1-6H3/t9-/m0/s1. The van der Waals surface area contributed by atoms with Gasteiger partial charge in [0.1, 0.15) is 12.0 Å². The molecule has 2 N–H and O–H groups in total. The molecule has 0 aromatic heterocycles. The minimum Gasteiger partial charge on any atom is -0.453 e. The maximum absolute atomic E-state index is 11.6. The van der Waals surface area contributed by atoms with Crippen molar-refractivity contribution in [1.29, 1.82) is 0 Å². The Bertz CT molecular complexity index is 274. The first-order valence-electron chi connectivity index (χ1n) is 6.05. The molecular formula is C12H25NO2S4. The van der Waals surface area contributed by atoms with Gasteiger partial charge in [-0.25, -0.2) is 0 Å². The molecule has 0 rings (SSSR count). The van der Waals surface area contributed by atoms with E-state index in [1.165, 1.54) is 0 Å². The molecule has 0 amide bonds. The third-order valence-corrected chi connectivity index (χ3v) is 7.77. The van der Waals surface area contributed by atoms with Crippen molar-refractivity contribution >= 4 is 49.1 Å². The largest absolute Gasteiger partial charge is 0.453 e. The summed E-state index contributed by atoms with van der Waals surface area (Å²) in [5, 5.41) is 0. The normalized spacial score (nSPS) is 14.3. The fourth-order valence-electron chi connectivity index (χ4n) is 0.742. The van der Waals surface area contributed by atoms with Crippen LogP contribution in [-0.4, -0.2) is 33.2 Å². The quantitative estimate of drug-likeness (QED) is 0.322. The Morgan fingerprint density at radius 3 is 2.00 bits per heavy atom. The Hall–Kier alpha value is 0.830. The Kier molecular flexibility index (Phi) is 9.36. The fourth-order valence-corrected chi connectivity index (χ4v) is 5.07. The lowest BCUT2D eigenvalue weighted by Gasteiger charge is -2.18. The molecule has 0 saturated carbocycles. The van der Waals surface area contributed by atoms with Gasteiger partial charge in [0.05, 0.1) is 0 Å². The molecule has 0 spiro atoms. The fraction of sp³-hybridized carbons (Fsp3) is 0.917. The Morgan fingerprint density at radius 1 is 1.05 bits per heavy atom. The summed E-state index contributed by atoms with van der Waals surface area (Å²) in [6.45, 7) is 12.8. The van der Waals surface area contributed by atoms with Crippen molar-refractivity contribution in [3.05, 3.63) is 0 Å². The second kappa shape index (κ2) is 8.97. The second-order valence-corrected chi connectivity index (χ2v) is 12.2. The summed E-state index contributed by atoms with van der Waals surface area (Å²) in [6, 6.07) is -0.542. The smallest absolute Gasteiger partial charge is 0.324 e. The van der Waals surface area contributed by atoms with Gasteiger partial charge in [0.2, 0.25) is 0 Å². The van der Waals surface area contributed by atoms with Gasteiger partial charge in [0.15, 0.2) is 0 Å². The van der Waals surface area contributed by atoms with Crippen LogP contribution >= 0.6 is 43.2 Å². The highest BCUT2D eigenvalue weighted by Gasteiger charge is 2.18. The van der Waals surface area contributed by atoms with E-state index in [0.29, 0.717) is 11.7 Å². The van der Waals surface area contributed by atoms with E-state index in [9.17, 15) is 4.79 Å². The molecule has 0 heterocycles. The summed E-state index contributed by atoms with van der Waals surface area (Å²) in [6.07, 6.45) is 0. The van der Waals surface area contributed by atoms with Gasteiger partial charge >= 0.3 is 5.97 Å². The van der Waals surface area contributed by atoms with Gasteiger partial charge in [-0.05, 0) is 0 Å². The zero-order valence-electron chi connectivity index (χ0n) is 12.5. The van der Waals surface area contributed by atoms with E-state index in [1.807, 2.05) is 0 Å². The van der Waals surface area contributed by atoms with E-state index >= 15 is 0 Å². The number of ether oxygens (including phenoxy) is 1. The predicted molar refractivity (Wildman–Crippen MR) is 93.7 cm³/mol. The summed E-state index contributed by atoms with van der Waals surface area (Å²) >= 11 is 0. The summed E-state index contributed by atoms with van der Waals surface area (Å²) in [7, 11) is 6.59. The number of hydrogen-bond donors (Lipinski definition) is 1. The first kappa shape index (κ1) is 19.8. The maximum Gasteiger partial charge on any atom is 0.324 e. The first-order chi connectivity index (χ1) is 8.51. The molecular weight excluding hydrogens is 318 g/mol. The maximum atomic E-state index is 11.6. The van der Waals surface area contributed by atoms with Crippen LogP contribution in [0.4, 0.5) is 0 Å². The highest BCUT2D eigenvalue weighted by molar-refractivity contribution is 8.77. The summed E-state index contributed by atoms with van der Waals surface area (Å²) in [4.78, 5) is 11.6. The van der Waals surface area contributed by atoms with Crippen LogP contribution in [0.2, 0.25) is 0 Å². The lowest BCUT2D eigenvalue weighted by molar-refractivity contribution is -0.142. The number of carbonyl (C=O) groups is 1. The van der Waals surface area contributed by atoms with Crippen LogP contribution in [0.25, 0.3) is 0 Å². The molecule has 1 atom stereocenters. The molecule has 0 unspecified atom stereocenters. The van der Waals surface area contributed by atoms with E-state index in [0.717, 1.165) is 0 Å². The van der Waals surface area contributed by atoms with Crippen molar-refractivity contribution in [3.8, 4) is 0 Å². The van der Waals surface area contributed by atoms with E-state index in [4.69, 9.17) is 10.5 Å². The average molecular weight is 344 g/mol. The van der Waals surface area contributed by atoms with Crippen LogP contribution < -0.4 is 5.73 Å². The zero-order chi connectivity index (χ0) is 15.1. The van der Waals surface area contributed by atoms with E-state index in [-0.39, 0.29) is 15.5 Å². The lowest BCUT2D eigenvalue weighted by atomic mass is 10.3. The number of nitrogens with two attached hydrogens (primary N) is 1. The van der Waals surface area contributed by atoms with Gasteiger partial charge in [-0.1, -0.05) is 84.7 Å². The van der Waals surface area contributed by atoms with Crippen molar-refractivity contribution in [3.63, 3.8) is 0 Å². The number of hydrogen-bond acceptors (Lipinski definition) is 7. The Labute approximate surface area is 133 Å². The molecule has 0 radical (unpaired) electrons. The molecule has 0 aliphatic carbocycles. The highest BCUT2D eigenvalue weighted by Crippen LogP contribution is 2.36. The van der Waals surface area contributed by atoms with E-state index in [2.05, 4.69) is 41.5 Å². The van der Waals surface area contributed by atoms with Gasteiger partial charge in [-0.3, -0.25) is 4.79 Å². The average Bonchev–Trinajstić information content (AvgIpc) is 2.20. The SMILES string of the molecule is CC(C)(C)SSCOC(=O)[C@@H](N)CSSC(C)(C)C. The minimum atomic E-state index is -0.542. The molecule has 0 aromatic rings. The molecule has 19 heavy (non-hydrogen) atoms. The third-order valence-electron chi connectivity index (χ3n) is 1.42. The summed E-state index contributed by atoms with van der Waals surface area (Å²) in [5.74, 6) is 0.618. The second-order valence-electron chi connectivity index (χ2n) is 5.98. The van der Waals surface area contributed by atoms with Crippen LogP contribution in [0.3, 0.4) is 0 Å². The molecule has 3 nitrogen and oxygen atoms in total. The molecule has 0 saturated heterocycles. The van der Waals surface area contributed by atoms with Crippen molar-refractivity contribution in [1.82, 2.24) is 0 Å². The number of carbonyl (C=O) groups excluding carboxylic acids is 1. The van der Waals surface area contributed by atoms with Crippen LogP contribution in [0.5, 0.6) is 0 Å². The topological polar surface area (TPSA) is 52.3 Å². The molecule has 114 valence electrons. The molecule has 0 aromatic carbocycles. The number of rotatable bonds is 7. The Morgan fingerprint density at radius 2 is 1.53 bits per heavy atom. The van der Waals surface area contributed by atoms with Crippen molar-refractivity contribution in [2.24, 2.45) is 5.73 Å². The lowest BCUT2D eigenvalue weighted by Crippen LogP contribution is -2.34. The third kappa shape index (κ3) is 13.6. The van der Waals surface area contributed by atoms with E-state index in [1.54, 1.807) is 43.2 Å². The van der Waals surface area contributed by atoms with E-state index < -0.39 is 6.04 Å². The zero-order valence-corrected chi connectivity index (χ0v) is 15.8. The number of esters is 1. The van der Waals surface area contributed by atoms with Crippen LogP contribution in [0, 0.1) is 0 Å². The highest BCUT2D eigenvalue weighted by atomic mass is 33.1. The molecule has 7 heteroatoms. The first-order valence-corrected chi connectivity index (χ1v) is 10.7. The minimum absolute atomic E-state index is 0.165. The van der Waals surface area contributed by atoms with Gasteiger partial charge in [-0.2, -0.15) is 0 Å². The Balaban J connectivity index is 3.71. The summed E-state index contributed by atoms with van der Waals surface area (Å²) < 4.78 is 5.48. The molecule has 0 aliphatic heterocycles. The predicted octanol–water partition coefficient (Wildman–Crippen LogP) is 4.17. The van der Waals surface area contributed by atoms with Crippen LogP contribution in [0.1, 0.15) is 41.5 Å². The van der Waals surface area contributed by atoms with Crippen molar-refractivity contribution in [2.75, 3.05) is 11.7 Å². The van der Waals surface area contributed by atoms with Gasteiger partial charge in [-0.15, -0.1) is 0 Å². The van der Waals surface area contributed by atoms with Crippen molar-refractivity contribution < 1.29 is 9.53 Å². The molecule has 0 fully saturated rings. The van der Waals surface area contributed by atoms with Crippen LogP contribution in [-0.2, 0) is 9.53 Å². The summed E-state index contributed by atoms with van der Waals surface area (Å²) in [5.41, 5.74) is 5.79. The van der Waals surface area contributed by atoms with Gasteiger partial charge in [0.25, 0.3) is 0 Å².